The van der Waals surface area contributed by atoms with Gasteiger partial charge in [-0.2, -0.15) is 5.26 Å². The number of halogens is 1. The number of aromatic nitrogens is 1. The summed E-state index contributed by atoms with van der Waals surface area (Å²) in [7, 11) is 0. The van der Waals surface area contributed by atoms with Gasteiger partial charge in [-0.15, -0.1) is 11.3 Å². The Hall–Kier alpha value is -1.37. The second-order valence-corrected chi connectivity index (χ2v) is 4.19. The molecule has 0 radical (unpaired) electrons. The normalized spacial score (nSPS) is 9.71. The van der Waals surface area contributed by atoms with Crippen LogP contribution < -0.4 is 0 Å². The Bertz CT molecular complexity index is 499. The van der Waals surface area contributed by atoms with Gasteiger partial charge >= 0.3 is 0 Å². The van der Waals surface area contributed by atoms with Crippen molar-refractivity contribution in [2.24, 2.45) is 0 Å². The number of pyridine rings is 1. The third-order valence-corrected chi connectivity index (χ3v) is 2.95. The lowest BCUT2D eigenvalue weighted by Crippen LogP contribution is -1.75. The molecule has 0 spiro atoms. The van der Waals surface area contributed by atoms with Crippen LogP contribution in [-0.4, -0.2) is 4.98 Å². The molecule has 2 aromatic rings. The SMILES string of the molecule is N#Cc1ccc(-c2cncc(Cl)c2)s1. The first-order chi connectivity index (χ1) is 6.79. The minimum Gasteiger partial charge on any atom is -0.263 e. The molecule has 68 valence electrons. The largest absolute Gasteiger partial charge is 0.263 e. The van der Waals surface area contributed by atoms with Gasteiger partial charge in [-0.1, -0.05) is 11.6 Å². The summed E-state index contributed by atoms with van der Waals surface area (Å²) >= 11 is 7.25. The molecule has 2 aromatic heterocycles. The van der Waals surface area contributed by atoms with Crippen molar-refractivity contribution in [1.82, 2.24) is 4.98 Å². The zero-order chi connectivity index (χ0) is 9.97. The van der Waals surface area contributed by atoms with Crippen LogP contribution in [0, 0.1) is 11.3 Å². The van der Waals surface area contributed by atoms with E-state index < -0.39 is 0 Å². The lowest BCUT2D eigenvalue weighted by atomic mass is 10.2. The highest BCUT2D eigenvalue weighted by Crippen LogP contribution is 2.28. The van der Waals surface area contributed by atoms with Crippen molar-refractivity contribution in [3.63, 3.8) is 0 Å². The Morgan fingerprint density at radius 1 is 1.36 bits per heavy atom. The van der Waals surface area contributed by atoms with Crippen molar-refractivity contribution < 1.29 is 0 Å². The number of hydrogen-bond acceptors (Lipinski definition) is 3. The molecule has 2 heterocycles. The minimum absolute atomic E-state index is 0.606. The Labute approximate surface area is 90.4 Å². The van der Waals surface area contributed by atoms with Crippen molar-refractivity contribution in [2.45, 2.75) is 0 Å². The van der Waals surface area contributed by atoms with Gasteiger partial charge < -0.3 is 0 Å². The fourth-order valence-electron chi connectivity index (χ4n) is 1.10. The molecule has 0 aromatic carbocycles. The van der Waals surface area contributed by atoms with Gasteiger partial charge in [-0.05, 0) is 18.2 Å². The van der Waals surface area contributed by atoms with E-state index in [1.54, 1.807) is 18.5 Å². The molecule has 4 heteroatoms. The number of nitrogens with zero attached hydrogens (tertiary/aromatic N) is 2. The Kier molecular flexibility index (Phi) is 2.49. The van der Waals surface area contributed by atoms with Gasteiger partial charge in [0.2, 0.25) is 0 Å². The van der Waals surface area contributed by atoms with Crippen LogP contribution in [0.1, 0.15) is 4.88 Å². The highest BCUT2D eigenvalue weighted by atomic mass is 35.5. The summed E-state index contributed by atoms with van der Waals surface area (Å²) in [4.78, 5) is 5.69. The predicted molar refractivity (Wildman–Crippen MR) is 57.3 cm³/mol. The zero-order valence-corrected chi connectivity index (χ0v) is 8.64. The summed E-state index contributed by atoms with van der Waals surface area (Å²) in [5.74, 6) is 0. The molecule has 0 aliphatic rings. The second-order valence-electron chi connectivity index (χ2n) is 2.67. The van der Waals surface area contributed by atoms with Crippen molar-refractivity contribution in [1.29, 1.82) is 5.26 Å². The molecule has 0 fully saturated rings. The highest BCUT2D eigenvalue weighted by molar-refractivity contribution is 7.16. The summed E-state index contributed by atoms with van der Waals surface area (Å²) in [6.07, 6.45) is 3.32. The van der Waals surface area contributed by atoms with Crippen LogP contribution in [0.15, 0.2) is 30.6 Å². The van der Waals surface area contributed by atoms with Crippen molar-refractivity contribution >= 4 is 22.9 Å². The third-order valence-electron chi connectivity index (χ3n) is 1.71. The van der Waals surface area contributed by atoms with Gasteiger partial charge in [0, 0.05) is 22.8 Å². The van der Waals surface area contributed by atoms with Crippen LogP contribution in [0.2, 0.25) is 5.02 Å². The molecule has 0 unspecified atom stereocenters. The molecule has 0 aliphatic heterocycles. The predicted octanol–water partition coefficient (Wildman–Crippen LogP) is 3.34. The van der Waals surface area contributed by atoms with Crippen LogP contribution in [0.4, 0.5) is 0 Å². The molecule has 0 bridgehead atoms. The number of nitriles is 1. The number of rotatable bonds is 1. The lowest BCUT2D eigenvalue weighted by molar-refractivity contribution is 1.33. The molecule has 0 saturated heterocycles. The van der Waals surface area contributed by atoms with Gasteiger partial charge in [-0.25, -0.2) is 0 Å². The van der Waals surface area contributed by atoms with E-state index in [2.05, 4.69) is 11.1 Å². The Morgan fingerprint density at radius 2 is 2.21 bits per heavy atom. The van der Waals surface area contributed by atoms with Crippen molar-refractivity contribution in [3.8, 4) is 16.5 Å². The van der Waals surface area contributed by atoms with Gasteiger partial charge in [-0.3, -0.25) is 4.98 Å². The lowest BCUT2D eigenvalue weighted by Gasteiger charge is -1.95. The Morgan fingerprint density at radius 3 is 2.86 bits per heavy atom. The van der Waals surface area contributed by atoms with Crippen LogP contribution in [0.25, 0.3) is 10.4 Å². The Balaban J connectivity index is 2.45. The minimum atomic E-state index is 0.606. The topological polar surface area (TPSA) is 36.7 Å². The highest BCUT2D eigenvalue weighted by Gasteiger charge is 2.02. The van der Waals surface area contributed by atoms with E-state index in [0.717, 1.165) is 10.4 Å². The van der Waals surface area contributed by atoms with E-state index in [-0.39, 0.29) is 0 Å². The molecule has 0 atom stereocenters. The molecular formula is C10H5ClN2S. The van der Waals surface area contributed by atoms with E-state index in [1.807, 2.05) is 12.1 Å². The first-order valence-electron chi connectivity index (χ1n) is 3.90. The quantitative estimate of drug-likeness (QED) is 0.739. The molecule has 0 aliphatic carbocycles. The van der Waals surface area contributed by atoms with E-state index in [0.29, 0.717) is 9.90 Å². The summed E-state index contributed by atoms with van der Waals surface area (Å²) in [5, 5.41) is 9.28. The second kappa shape index (κ2) is 3.79. The number of thiophene rings is 1. The average molecular weight is 221 g/mol. The summed E-state index contributed by atoms with van der Waals surface area (Å²) in [6, 6.07) is 7.62. The van der Waals surface area contributed by atoms with Gasteiger partial charge in [0.25, 0.3) is 0 Å². The van der Waals surface area contributed by atoms with Crippen molar-refractivity contribution in [3.05, 3.63) is 40.5 Å². The van der Waals surface area contributed by atoms with Crippen LogP contribution in [0.3, 0.4) is 0 Å². The molecule has 0 N–H and O–H groups in total. The molecular weight excluding hydrogens is 216 g/mol. The van der Waals surface area contributed by atoms with Crippen LogP contribution in [0.5, 0.6) is 0 Å². The summed E-state index contributed by atoms with van der Waals surface area (Å²) < 4.78 is 0. The molecule has 0 amide bonds. The first-order valence-corrected chi connectivity index (χ1v) is 5.10. The summed E-state index contributed by atoms with van der Waals surface area (Å²) in [5.41, 5.74) is 0.948. The summed E-state index contributed by atoms with van der Waals surface area (Å²) in [6.45, 7) is 0. The molecule has 2 rings (SSSR count). The van der Waals surface area contributed by atoms with Crippen LogP contribution >= 0.6 is 22.9 Å². The van der Waals surface area contributed by atoms with Crippen LogP contribution in [-0.2, 0) is 0 Å². The van der Waals surface area contributed by atoms with Gasteiger partial charge in [0.15, 0.2) is 0 Å². The molecule has 0 saturated carbocycles. The van der Waals surface area contributed by atoms with E-state index in [9.17, 15) is 0 Å². The standard InChI is InChI=1S/C10H5ClN2S/c11-8-3-7(5-13-6-8)10-2-1-9(4-12)14-10/h1-3,5-6H. The monoisotopic (exact) mass is 220 g/mol. The van der Waals surface area contributed by atoms with E-state index in [1.165, 1.54) is 11.3 Å². The average Bonchev–Trinajstić information content (AvgIpc) is 2.66. The maximum Gasteiger partial charge on any atom is 0.110 e. The fourth-order valence-corrected chi connectivity index (χ4v) is 2.06. The smallest absolute Gasteiger partial charge is 0.110 e. The van der Waals surface area contributed by atoms with Gasteiger partial charge in [0.05, 0.1) is 5.02 Å². The third kappa shape index (κ3) is 1.77. The number of hydrogen-bond donors (Lipinski definition) is 0. The maximum absolute atomic E-state index is 8.67. The first kappa shape index (κ1) is 9.20. The zero-order valence-electron chi connectivity index (χ0n) is 7.07. The maximum atomic E-state index is 8.67. The van der Waals surface area contributed by atoms with E-state index in [4.69, 9.17) is 16.9 Å². The van der Waals surface area contributed by atoms with Crippen molar-refractivity contribution in [2.75, 3.05) is 0 Å². The molecule has 14 heavy (non-hydrogen) atoms. The fraction of sp³-hybridized carbons (Fsp3) is 0. The van der Waals surface area contributed by atoms with E-state index >= 15 is 0 Å². The molecule has 2 nitrogen and oxygen atoms in total. The van der Waals surface area contributed by atoms with Gasteiger partial charge in [0.1, 0.15) is 10.9 Å².